The van der Waals surface area contributed by atoms with Crippen LogP contribution in [0.4, 0.5) is 5.69 Å². The van der Waals surface area contributed by atoms with E-state index in [9.17, 15) is 18.0 Å². The molecule has 0 unspecified atom stereocenters. The SMILES string of the molecule is COC(=O)c1ccc(N(C(=O)CCl)[C@@H]2CCS(=O)(=O)C2)cc1. The topological polar surface area (TPSA) is 80.8 Å². The summed E-state index contributed by atoms with van der Waals surface area (Å²) in [5.74, 6) is -1.10. The molecule has 22 heavy (non-hydrogen) atoms. The average molecular weight is 346 g/mol. The number of nitrogens with zero attached hydrogens (tertiary/aromatic N) is 1. The standard InChI is InChI=1S/C14H16ClNO5S/c1-21-14(18)10-2-4-11(5-3-10)16(13(17)8-15)12-6-7-22(19,20)9-12/h2-5,12H,6-9H2,1H3/t12-/m1/s1. The molecule has 0 spiro atoms. The Kier molecular flexibility index (Phi) is 5.08. The van der Waals surface area contributed by atoms with Crippen LogP contribution in [0.5, 0.6) is 0 Å². The molecule has 0 aliphatic carbocycles. The molecule has 6 nitrogen and oxygen atoms in total. The second-order valence-corrected chi connectivity index (χ2v) is 7.49. The van der Waals surface area contributed by atoms with Crippen molar-refractivity contribution < 1.29 is 22.7 Å². The molecule has 1 aliphatic rings. The fourth-order valence-electron chi connectivity index (χ4n) is 2.48. The van der Waals surface area contributed by atoms with Crippen LogP contribution < -0.4 is 4.90 Å². The molecule has 0 N–H and O–H groups in total. The molecule has 1 amide bonds. The second-order valence-electron chi connectivity index (χ2n) is 4.99. The van der Waals surface area contributed by atoms with Crippen molar-refractivity contribution in [3.05, 3.63) is 29.8 Å². The Labute approximate surface area is 133 Å². The maximum atomic E-state index is 12.1. The lowest BCUT2D eigenvalue weighted by molar-refractivity contribution is -0.116. The Balaban J connectivity index is 2.30. The number of methoxy groups -OCH3 is 1. The third-order valence-corrected chi connectivity index (χ3v) is 5.50. The number of carbonyl (C=O) groups is 2. The molecular weight excluding hydrogens is 330 g/mol. The van der Waals surface area contributed by atoms with Gasteiger partial charge in [0.15, 0.2) is 9.84 Å². The summed E-state index contributed by atoms with van der Waals surface area (Å²) in [4.78, 5) is 24.9. The van der Waals surface area contributed by atoms with E-state index < -0.39 is 21.8 Å². The van der Waals surface area contributed by atoms with Gasteiger partial charge in [-0.05, 0) is 30.7 Å². The van der Waals surface area contributed by atoms with Crippen molar-refractivity contribution in [3.8, 4) is 0 Å². The molecule has 1 aromatic rings. The average Bonchev–Trinajstić information content (AvgIpc) is 2.87. The van der Waals surface area contributed by atoms with E-state index >= 15 is 0 Å². The van der Waals surface area contributed by atoms with E-state index in [1.165, 1.54) is 24.1 Å². The lowest BCUT2D eigenvalue weighted by Gasteiger charge is -2.27. The molecule has 1 saturated heterocycles. The first kappa shape index (κ1) is 16.8. The Bertz CT molecular complexity index is 671. The normalized spacial score (nSPS) is 19.6. The molecule has 0 saturated carbocycles. The van der Waals surface area contributed by atoms with E-state index in [4.69, 9.17) is 11.6 Å². The van der Waals surface area contributed by atoms with E-state index in [1.54, 1.807) is 12.1 Å². The van der Waals surface area contributed by atoms with Crippen molar-refractivity contribution in [2.24, 2.45) is 0 Å². The molecule has 120 valence electrons. The zero-order valence-electron chi connectivity index (χ0n) is 12.0. The number of anilines is 1. The minimum Gasteiger partial charge on any atom is -0.465 e. The summed E-state index contributed by atoms with van der Waals surface area (Å²) in [5.41, 5.74) is 0.865. The summed E-state index contributed by atoms with van der Waals surface area (Å²) in [6, 6.07) is 5.79. The first-order valence-electron chi connectivity index (χ1n) is 6.65. The highest BCUT2D eigenvalue weighted by molar-refractivity contribution is 7.91. The van der Waals surface area contributed by atoms with Crippen LogP contribution in [0.2, 0.25) is 0 Å². The molecule has 0 radical (unpaired) electrons. The molecule has 1 heterocycles. The van der Waals surface area contributed by atoms with Gasteiger partial charge in [-0.15, -0.1) is 11.6 Å². The summed E-state index contributed by atoms with van der Waals surface area (Å²) in [7, 11) is -1.85. The van der Waals surface area contributed by atoms with Crippen LogP contribution in [0, 0.1) is 0 Å². The third-order valence-electron chi connectivity index (χ3n) is 3.52. The van der Waals surface area contributed by atoms with Crippen LogP contribution in [0.3, 0.4) is 0 Å². The Morgan fingerprint density at radius 2 is 1.95 bits per heavy atom. The number of amides is 1. The summed E-state index contributed by atoms with van der Waals surface area (Å²) in [6.07, 6.45) is 0.379. The fourth-order valence-corrected chi connectivity index (χ4v) is 4.31. The number of hydrogen-bond acceptors (Lipinski definition) is 5. The number of rotatable bonds is 4. The highest BCUT2D eigenvalue weighted by Gasteiger charge is 2.35. The van der Waals surface area contributed by atoms with E-state index in [1.807, 2.05) is 0 Å². The van der Waals surface area contributed by atoms with E-state index in [2.05, 4.69) is 4.74 Å². The van der Waals surface area contributed by atoms with Gasteiger partial charge in [-0.2, -0.15) is 0 Å². The van der Waals surface area contributed by atoms with Gasteiger partial charge in [-0.1, -0.05) is 0 Å². The number of alkyl halides is 1. The monoisotopic (exact) mass is 345 g/mol. The third kappa shape index (κ3) is 3.59. The number of carbonyl (C=O) groups excluding carboxylic acids is 2. The van der Waals surface area contributed by atoms with Crippen molar-refractivity contribution in [1.82, 2.24) is 0 Å². The number of ether oxygens (including phenoxy) is 1. The van der Waals surface area contributed by atoms with Crippen molar-refractivity contribution in [2.45, 2.75) is 12.5 Å². The number of esters is 1. The van der Waals surface area contributed by atoms with Gasteiger partial charge in [0.05, 0.1) is 30.2 Å². The van der Waals surface area contributed by atoms with Gasteiger partial charge in [-0.3, -0.25) is 4.79 Å². The van der Waals surface area contributed by atoms with Crippen LogP contribution in [0.25, 0.3) is 0 Å². The Hall–Kier alpha value is -1.60. The minimum absolute atomic E-state index is 0.0595. The van der Waals surface area contributed by atoms with Crippen molar-refractivity contribution in [3.63, 3.8) is 0 Å². The number of hydrogen-bond donors (Lipinski definition) is 0. The molecule has 0 bridgehead atoms. The molecule has 1 aliphatic heterocycles. The predicted molar refractivity (Wildman–Crippen MR) is 83.0 cm³/mol. The van der Waals surface area contributed by atoms with Crippen LogP contribution >= 0.6 is 11.6 Å². The summed E-state index contributed by atoms with van der Waals surface area (Å²) in [5, 5.41) is 0. The largest absolute Gasteiger partial charge is 0.465 e. The first-order valence-corrected chi connectivity index (χ1v) is 9.00. The Morgan fingerprint density at radius 3 is 2.41 bits per heavy atom. The van der Waals surface area contributed by atoms with E-state index in [0.717, 1.165) is 0 Å². The lowest BCUT2D eigenvalue weighted by Crippen LogP contribution is -2.42. The molecule has 1 atom stereocenters. The van der Waals surface area contributed by atoms with Gasteiger partial charge < -0.3 is 9.64 Å². The molecule has 1 aromatic carbocycles. The minimum atomic E-state index is -3.13. The summed E-state index contributed by atoms with van der Waals surface area (Å²) < 4.78 is 27.9. The predicted octanol–water partition coefficient (Wildman–Crippen LogP) is 1.23. The maximum absolute atomic E-state index is 12.1. The van der Waals surface area contributed by atoms with Crippen LogP contribution in [0.1, 0.15) is 16.8 Å². The van der Waals surface area contributed by atoms with E-state index in [-0.39, 0.29) is 23.3 Å². The zero-order chi connectivity index (χ0) is 16.3. The number of benzene rings is 1. The molecular formula is C14H16ClNO5S. The lowest BCUT2D eigenvalue weighted by atomic mass is 10.1. The highest BCUT2D eigenvalue weighted by Crippen LogP contribution is 2.25. The van der Waals surface area contributed by atoms with Gasteiger partial charge in [0.2, 0.25) is 5.91 Å². The van der Waals surface area contributed by atoms with Crippen molar-refractivity contribution >= 4 is 39.0 Å². The van der Waals surface area contributed by atoms with Gasteiger partial charge in [0.1, 0.15) is 5.88 Å². The van der Waals surface area contributed by atoms with Gasteiger partial charge >= 0.3 is 5.97 Å². The number of halogens is 1. The smallest absolute Gasteiger partial charge is 0.337 e. The fraction of sp³-hybridized carbons (Fsp3) is 0.429. The second kappa shape index (κ2) is 6.66. The van der Waals surface area contributed by atoms with Gasteiger partial charge in [0.25, 0.3) is 0 Å². The van der Waals surface area contributed by atoms with Crippen molar-refractivity contribution in [2.75, 3.05) is 29.4 Å². The van der Waals surface area contributed by atoms with Crippen LogP contribution in [-0.4, -0.2) is 50.8 Å². The first-order chi connectivity index (χ1) is 10.4. The molecule has 8 heteroatoms. The molecule has 0 aromatic heterocycles. The van der Waals surface area contributed by atoms with Crippen molar-refractivity contribution in [1.29, 1.82) is 0 Å². The zero-order valence-corrected chi connectivity index (χ0v) is 13.6. The summed E-state index contributed by atoms with van der Waals surface area (Å²) in [6.45, 7) is 0. The summed E-state index contributed by atoms with van der Waals surface area (Å²) >= 11 is 5.64. The molecule has 2 rings (SSSR count). The van der Waals surface area contributed by atoms with E-state index in [0.29, 0.717) is 17.7 Å². The highest BCUT2D eigenvalue weighted by atomic mass is 35.5. The Morgan fingerprint density at radius 1 is 1.32 bits per heavy atom. The van der Waals surface area contributed by atoms with Gasteiger partial charge in [0, 0.05) is 5.69 Å². The van der Waals surface area contributed by atoms with Crippen LogP contribution in [0.15, 0.2) is 24.3 Å². The maximum Gasteiger partial charge on any atom is 0.337 e. The van der Waals surface area contributed by atoms with Gasteiger partial charge in [-0.25, -0.2) is 13.2 Å². The molecule has 1 fully saturated rings. The quantitative estimate of drug-likeness (QED) is 0.605. The van der Waals surface area contributed by atoms with Crippen LogP contribution in [-0.2, 0) is 19.4 Å². The number of sulfone groups is 1.